The molecule has 3 rings (SSSR count). The SMILES string of the molecule is C[C@H]1COCCN1c1cc(CNC2CC2)ncn1. The maximum absolute atomic E-state index is 5.45. The fourth-order valence-corrected chi connectivity index (χ4v) is 2.24. The third kappa shape index (κ3) is 2.79. The molecule has 2 aliphatic rings. The van der Waals surface area contributed by atoms with E-state index in [9.17, 15) is 0 Å². The van der Waals surface area contributed by atoms with Crippen LogP contribution in [0.3, 0.4) is 0 Å². The van der Waals surface area contributed by atoms with E-state index in [4.69, 9.17) is 4.74 Å². The molecule has 0 spiro atoms. The minimum atomic E-state index is 0.387. The van der Waals surface area contributed by atoms with Gasteiger partial charge in [0.1, 0.15) is 12.1 Å². The van der Waals surface area contributed by atoms with E-state index in [1.165, 1.54) is 12.8 Å². The molecule has 2 heterocycles. The molecule has 1 aromatic heterocycles. The number of nitrogens with one attached hydrogen (secondary N) is 1. The molecule has 1 aliphatic heterocycles. The van der Waals surface area contributed by atoms with Crippen molar-refractivity contribution in [2.75, 3.05) is 24.7 Å². The minimum absolute atomic E-state index is 0.387. The summed E-state index contributed by atoms with van der Waals surface area (Å²) in [6, 6.07) is 3.20. The minimum Gasteiger partial charge on any atom is -0.377 e. The Morgan fingerprint density at radius 2 is 2.33 bits per heavy atom. The van der Waals surface area contributed by atoms with Gasteiger partial charge in [-0.05, 0) is 19.8 Å². The number of aromatic nitrogens is 2. The van der Waals surface area contributed by atoms with Crippen LogP contribution in [0.1, 0.15) is 25.5 Å². The predicted molar refractivity (Wildman–Crippen MR) is 69.5 cm³/mol. The Morgan fingerprint density at radius 1 is 1.44 bits per heavy atom. The molecular weight excluding hydrogens is 228 g/mol. The Morgan fingerprint density at radius 3 is 3.11 bits per heavy atom. The van der Waals surface area contributed by atoms with E-state index in [0.29, 0.717) is 12.1 Å². The summed E-state index contributed by atoms with van der Waals surface area (Å²) in [6.45, 7) is 5.49. The highest BCUT2D eigenvalue weighted by atomic mass is 16.5. The molecule has 5 heteroatoms. The lowest BCUT2D eigenvalue weighted by Gasteiger charge is -2.34. The van der Waals surface area contributed by atoms with Gasteiger partial charge < -0.3 is 15.0 Å². The van der Waals surface area contributed by atoms with Gasteiger partial charge in [0, 0.05) is 25.2 Å². The zero-order chi connectivity index (χ0) is 12.4. The average molecular weight is 248 g/mol. The fraction of sp³-hybridized carbons (Fsp3) is 0.692. The Balaban J connectivity index is 1.68. The van der Waals surface area contributed by atoms with Crippen molar-refractivity contribution in [1.29, 1.82) is 0 Å². The smallest absolute Gasteiger partial charge is 0.132 e. The molecule has 1 atom stereocenters. The number of morpholine rings is 1. The summed E-state index contributed by atoms with van der Waals surface area (Å²) >= 11 is 0. The number of hydrogen-bond donors (Lipinski definition) is 1. The standard InChI is InChI=1S/C13H20N4O/c1-10-8-18-5-4-17(10)13-6-12(15-9-16-13)7-14-11-2-3-11/h6,9-11,14H,2-5,7-8H2,1H3/t10-/m0/s1. The molecule has 0 bridgehead atoms. The summed E-state index contributed by atoms with van der Waals surface area (Å²) in [7, 11) is 0. The maximum atomic E-state index is 5.45. The van der Waals surface area contributed by atoms with E-state index in [-0.39, 0.29) is 0 Å². The Kier molecular flexibility index (Phi) is 3.43. The maximum Gasteiger partial charge on any atom is 0.132 e. The molecule has 98 valence electrons. The van der Waals surface area contributed by atoms with Gasteiger partial charge >= 0.3 is 0 Å². The first-order valence-corrected chi connectivity index (χ1v) is 6.71. The lowest BCUT2D eigenvalue weighted by Crippen LogP contribution is -2.44. The number of ether oxygens (including phenoxy) is 1. The lowest BCUT2D eigenvalue weighted by molar-refractivity contribution is 0.0985. The van der Waals surface area contributed by atoms with Gasteiger partial charge in [-0.2, -0.15) is 0 Å². The molecular formula is C13H20N4O. The zero-order valence-corrected chi connectivity index (χ0v) is 10.8. The first kappa shape index (κ1) is 11.9. The second-order valence-electron chi connectivity index (χ2n) is 5.14. The molecule has 5 nitrogen and oxygen atoms in total. The van der Waals surface area contributed by atoms with Gasteiger partial charge in [0.2, 0.25) is 0 Å². The summed E-state index contributed by atoms with van der Waals surface area (Å²) in [5.74, 6) is 1.02. The Bertz CT molecular complexity index is 408. The Labute approximate surface area is 108 Å². The van der Waals surface area contributed by atoms with E-state index in [1.54, 1.807) is 6.33 Å². The number of hydrogen-bond acceptors (Lipinski definition) is 5. The van der Waals surface area contributed by atoms with Crippen molar-refractivity contribution in [2.45, 2.75) is 38.4 Å². The zero-order valence-electron chi connectivity index (χ0n) is 10.8. The monoisotopic (exact) mass is 248 g/mol. The molecule has 0 radical (unpaired) electrons. The van der Waals surface area contributed by atoms with Crippen molar-refractivity contribution in [1.82, 2.24) is 15.3 Å². The van der Waals surface area contributed by atoms with Crippen LogP contribution in [0.5, 0.6) is 0 Å². The molecule has 0 amide bonds. The first-order chi connectivity index (χ1) is 8.83. The van der Waals surface area contributed by atoms with Gasteiger partial charge in [0.25, 0.3) is 0 Å². The normalized spacial score (nSPS) is 24.3. The van der Waals surface area contributed by atoms with Gasteiger partial charge in [-0.3, -0.25) is 0 Å². The van der Waals surface area contributed by atoms with Crippen molar-refractivity contribution >= 4 is 5.82 Å². The molecule has 1 aromatic rings. The van der Waals surface area contributed by atoms with E-state index < -0.39 is 0 Å². The van der Waals surface area contributed by atoms with Crippen molar-refractivity contribution in [3.05, 3.63) is 18.1 Å². The molecule has 0 aromatic carbocycles. The number of anilines is 1. The van der Waals surface area contributed by atoms with Crippen molar-refractivity contribution in [3.63, 3.8) is 0 Å². The van der Waals surface area contributed by atoms with Crippen molar-refractivity contribution in [2.24, 2.45) is 0 Å². The van der Waals surface area contributed by atoms with Crippen LogP contribution in [0.25, 0.3) is 0 Å². The second-order valence-corrected chi connectivity index (χ2v) is 5.14. The molecule has 1 saturated carbocycles. The lowest BCUT2D eigenvalue weighted by atomic mass is 10.2. The molecule has 1 saturated heterocycles. The Hall–Kier alpha value is -1.20. The van der Waals surface area contributed by atoms with E-state index in [1.807, 2.05) is 0 Å². The molecule has 1 N–H and O–H groups in total. The first-order valence-electron chi connectivity index (χ1n) is 6.71. The van der Waals surface area contributed by atoms with Gasteiger partial charge in [0.15, 0.2) is 0 Å². The van der Waals surface area contributed by atoms with E-state index in [0.717, 1.165) is 37.8 Å². The summed E-state index contributed by atoms with van der Waals surface area (Å²) < 4.78 is 5.45. The van der Waals surface area contributed by atoms with Gasteiger partial charge in [-0.15, -0.1) is 0 Å². The third-order valence-electron chi connectivity index (χ3n) is 3.52. The van der Waals surface area contributed by atoms with Crippen molar-refractivity contribution in [3.8, 4) is 0 Å². The van der Waals surface area contributed by atoms with Crippen LogP contribution in [-0.2, 0) is 11.3 Å². The topological polar surface area (TPSA) is 50.3 Å². The van der Waals surface area contributed by atoms with Crippen LogP contribution in [0.4, 0.5) is 5.82 Å². The third-order valence-corrected chi connectivity index (χ3v) is 3.52. The number of rotatable bonds is 4. The molecule has 2 fully saturated rings. The van der Waals surface area contributed by atoms with Gasteiger partial charge in [-0.1, -0.05) is 0 Å². The molecule has 0 unspecified atom stereocenters. The molecule has 1 aliphatic carbocycles. The number of nitrogens with zero attached hydrogens (tertiary/aromatic N) is 3. The van der Waals surface area contributed by atoms with Crippen LogP contribution >= 0.6 is 0 Å². The fourth-order valence-electron chi connectivity index (χ4n) is 2.24. The van der Waals surface area contributed by atoms with E-state index >= 15 is 0 Å². The summed E-state index contributed by atoms with van der Waals surface area (Å²) in [6.07, 6.45) is 4.28. The highest BCUT2D eigenvalue weighted by Gasteiger charge is 2.22. The van der Waals surface area contributed by atoms with Gasteiger partial charge in [-0.25, -0.2) is 9.97 Å². The highest BCUT2D eigenvalue weighted by molar-refractivity contribution is 5.40. The van der Waals surface area contributed by atoms with Crippen LogP contribution in [-0.4, -0.2) is 41.8 Å². The summed E-state index contributed by atoms with van der Waals surface area (Å²) in [5, 5.41) is 3.48. The van der Waals surface area contributed by atoms with Crippen molar-refractivity contribution < 1.29 is 4.74 Å². The summed E-state index contributed by atoms with van der Waals surface area (Å²) in [5.41, 5.74) is 1.07. The highest BCUT2D eigenvalue weighted by Crippen LogP contribution is 2.20. The second kappa shape index (κ2) is 5.20. The average Bonchev–Trinajstić information content (AvgIpc) is 3.21. The van der Waals surface area contributed by atoms with Crippen LogP contribution < -0.4 is 10.2 Å². The summed E-state index contributed by atoms with van der Waals surface area (Å²) in [4.78, 5) is 11.0. The van der Waals surface area contributed by atoms with Gasteiger partial charge in [0.05, 0.1) is 24.9 Å². The van der Waals surface area contributed by atoms with Crippen LogP contribution in [0.2, 0.25) is 0 Å². The van der Waals surface area contributed by atoms with Crippen LogP contribution in [0.15, 0.2) is 12.4 Å². The molecule has 18 heavy (non-hydrogen) atoms. The predicted octanol–water partition coefficient (Wildman–Crippen LogP) is 0.954. The largest absolute Gasteiger partial charge is 0.377 e. The quantitative estimate of drug-likeness (QED) is 0.860. The van der Waals surface area contributed by atoms with Crippen LogP contribution in [0, 0.1) is 0 Å². The van der Waals surface area contributed by atoms with E-state index in [2.05, 4.69) is 33.2 Å².